The lowest BCUT2D eigenvalue weighted by molar-refractivity contribution is -0.144. The molecule has 1 N–H and O–H groups in total. The van der Waals surface area contributed by atoms with E-state index in [0.717, 1.165) is 5.56 Å². The minimum atomic E-state index is -0.841. The summed E-state index contributed by atoms with van der Waals surface area (Å²) >= 11 is 0. The van der Waals surface area contributed by atoms with Gasteiger partial charge in [0.05, 0.1) is 19.1 Å². The Morgan fingerprint density at radius 2 is 2.08 bits per heavy atom. The number of aliphatic carboxylic acids is 1. The normalized spacial score (nSPS) is 17.8. The molecule has 2 rings (SSSR count). The van der Waals surface area contributed by atoms with Crippen LogP contribution in [0.5, 0.6) is 11.5 Å². The number of nitrogens with zero attached hydrogens (tertiary/aromatic N) is 1. The smallest absolute Gasteiger partial charge is 0.308 e. The lowest BCUT2D eigenvalue weighted by Gasteiger charge is -2.29. The second-order valence-corrected chi connectivity index (χ2v) is 6.37. The van der Waals surface area contributed by atoms with E-state index in [0.29, 0.717) is 30.9 Å². The number of amides is 1. The van der Waals surface area contributed by atoms with Gasteiger partial charge in [-0.1, -0.05) is 6.07 Å². The third-order valence-electron chi connectivity index (χ3n) is 4.05. The molecule has 1 aromatic carbocycles. The number of methoxy groups -OCH3 is 1. The van der Waals surface area contributed by atoms with Crippen molar-refractivity contribution in [3.8, 4) is 11.5 Å². The zero-order chi connectivity index (χ0) is 18.4. The molecule has 0 spiro atoms. The Balaban J connectivity index is 2.05. The molecule has 6 nitrogen and oxygen atoms in total. The first kappa shape index (κ1) is 18.8. The lowest BCUT2D eigenvalue weighted by Crippen LogP contribution is -2.41. The van der Waals surface area contributed by atoms with Crippen molar-refractivity contribution in [3.05, 3.63) is 29.8 Å². The standard InChI is InChI=1S/C19H25NO5/c1-13(2)25-16-8-6-14(11-17(16)24-3)7-9-18(21)20-10-4-5-15(12-20)19(22)23/h6-9,11,13,15H,4-5,10,12H2,1-3H3,(H,22,23)/b9-7+. The average Bonchev–Trinajstić information content (AvgIpc) is 2.60. The second kappa shape index (κ2) is 8.55. The van der Waals surface area contributed by atoms with Crippen molar-refractivity contribution in [2.24, 2.45) is 5.92 Å². The fourth-order valence-electron chi connectivity index (χ4n) is 2.79. The summed E-state index contributed by atoms with van der Waals surface area (Å²) in [6.45, 7) is 4.74. The third-order valence-corrected chi connectivity index (χ3v) is 4.05. The molecule has 0 bridgehead atoms. The van der Waals surface area contributed by atoms with Gasteiger partial charge in [0.25, 0.3) is 0 Å². The van der Waals surface area contributed by atoms with E-state index < -0.39 is 11.9 Å². The number of hydrogen-bond acceptors (Lipinski definition) is 4. The molecule has 1 aromatic rings. The number of rotatable bonds is 6. The first-order valence-corrected chi connectivity index (χ1v) is 8.45. The van der Waals surface area contributed by atoms with Crippen LogP contribution in [0.25, 0.3) is 6.08 Å². The van der Waals surface area contributed by atoms with Crippen LogP contribution in [0.15, 0.2) is 24.3 Å². The van der Waals surface area contributed by atoms with Crippen molar-refractivity contribution in [3.63, 3.8) is 0 Å². The zero-order valence-electron chi connectivity index (χ0n) is 14.9. The van der Waals surface area contributed by atoms with Gasteiger partial charge in [-0.25, -0.2) is 0 Å². The van der Waals surface area contributed by atoms with E-state index in [9.17, 15) is 9.59 Å². The molecule has 1 atom stereocenters. The average molecular weight is 347 g/mol. The molecule has 0 saturated carbocycles. The Labute approximate surface area is 148 Å². The van der Waals surface area contributed by atoms with Crippen LogP contribution < -0.4 is 9.47 Å². The molecule has 0 radical (unpaired) electrons. The van der Waals surface area contributed by atoms with E-state index in [1.54, 1.807) is 24.2 Å². The fraction of sp³-hybridized carbons (Fsp3) is 0.474. The molecule has 0 aliphatic carbocycles. The first-order valence-electron chi connectivity index (χ1n) is 8.45. The maximum atomic E-state index is 12.3. The zero-order valence-corrected chi connectivity index (χ0v) is 14.9. The van der Waals surface area contributed by atoms with Gasteiger partial charge in [0.1, 0.15) is 0 Å². The van der Waals surface area contributed by atoms with Crippen LogP contribution in [0, 0.1) is 5.92 Å². The Morgan fingerprint density at radius 1 is 1.32 bits per heavy atom. The molecule has 1 unspecified atom stereocenters. The van der Waals surface area contributed by atoms with E-state index in [4.69, 9.17) is 14.6 Å². The lowest BCUT2D eigenvalue weighted by atomic mass is 9.98. The Hall–Kier alpha value is -2.50. The van der Waals surface area contributed by atoms with Gasteiger partial charge in [0, 0.05) is 19.2 Å². The molecule has 0 aromatic heterocycles. The van der Waals surface area contributed by atoms with Crippen molar-refractivity contribution in [2.75, 3.05) is 20.2 Å². The number of hydrogen-bond donors (Lipinski definition) is 1. The molecule has 6 heteroatoms. The first-order chi connectivity index (χ1) is 11.9. The van der Waals surface area contributed by atoms with Crippen molar-refractivity contribution < 1.29 is 24.2 Å². The molecule has 136 valence electrons. The van der Waals surface area contributed by atoms with Crippen LogP contribution in [0.1, 0.15) is 32.3 Å². The van der Waals surface area contributed by atoms with Gasteiger partial charge in [0.2, 0.25) is 5.91 Å². The van der Waals surface area contributed by atoms with Crippen molar-refractivity contribution in [2.45, 2.75) is 32.8 Å². The second-order valence-electron chi connectivity index (χ2n) is 6.37. The van der Waals surface area contributed by atoms with Crippen molar-refractivity contribution in [1.82, 2.24) is 4.90 Å². The molecule has 1 aliphatic heterocycles. The SMILES string of the molecule is COc1cc(/C=C/C(=O)N2CCCC(C(=O)O)C2)ccc1OC(C)C. The number of likely N-dealkylation sites (tertiary alicyclic amines) is 1. The minimum absolute atomic E-state index is 0.0400. The number of carbonyl (C=O) groups excluding carboxylic acids is 1. The monoisotopic (exact) mass is 347 g/mol. The van der Waals surface area contributed by atoms with E-state index in [1.165, 1.54) is 6.08 Å². The predicted octanol–water partition coefficient (Wildman–Crippen LogP) is 2.82. The molecule has 1 fully saturated rings. The summed E-state index contributed by atoms with van der Waals surface area (Å²) in [5.41, 5.74) is 0.813. The highest BCUT2D eigenvalue weighted by molar-refractivity contribution is 5.92. The van der Waals surface area contributed by atoms with Crippen LogP contribution in [-0.4, -0.2) is 48.2 Å². The minimum Gasteiger partial charge on any atom is -0.493 e. The summed E-state index contributed by atoms with van der Waals surface area (Å²) in [5.74, 6) is -0.230. The number of carboxylic acid groups (broad SMARTS) is 1. The van der Waals surface area contributed by atoms with E-state index in [-0.39, 0.29) is 18.6 Å². The highest BCUT2D eigenvalue weighted by Crippen LogP contribution is 2.29. The topological polar surface area (TPSA) is 76.1 Å². The highest BCUT2D eigenvalue weighted by Gasteiger charge is 2.27. The van der Waals surface area contributed by atoms with Gasteiger partial charge in [-0.15, -0.1) is 0 Å². The van der Waals surface area contributed by atoms with Crippen LogP contribution >= 0.6 is 0 Å². The number of benzene rings is 1. The van der Waals surface area contributed by atoms with Gasteiger partial charge in [-0.3, -0.25) is 9.59 Å². The molecule has 1 amide bonds. The summed E-state index contributed by atoms with van der Waals surface area (Å²) in [5, 5.41) is 9.11. The highest BCUT2D eigenvalue weighted by atomic mass is 16.5. The van der Waals surface area contributed by atoms with Gasteiger partial charge in [-0.2, -0.15) is 0 Å². The van der Waals surface area contributed by atoms with Crippen LogP contribution in [0.4, 0.5) is 0 Å². The number of piperidine rings is 1. The van der Waals surface area contributed by atoms with Crippen LogP contribution in [-0.2, 0) is 9.59 Å². The van der Waals surface area contributed by atoms with Gasteiger partial charge >= 0.3 is 5.97 Å². The summed E-state index contributed by atoms with van der Waals surface area (Å²) in [6, 6.07) is 5.46. The quantitative estimate of drug-likeness (QED) is 0.801. The Morgan fingerprint density at radius 3 is 2.72 bits per heavy atom. The summed E-state index contributed by atoms with van der Waals surface area (Å²) in [6.07, 6.45) is 4.55. The van der Waals surface area contributed by atoms with Gasteiger partial charge < -0.3 is 19.5 Å². The third kappa shape index (κ3) is 5.24. The molecule has 1 aliphatic rings. The van der Waals surface area contributed by atoms with E-state index in [2.05, 4.69) is 0 Å². The molecular formula is C19H25NO5. The number of carboxylic acids is 1. The fourth-order valence-corrected chi connectivity index (χ4v) is 2.79. The van der Waals surface area contributed by atoms with E-state index >= 15 is 0 Å². The summed E-state index contributed by atoms with van der Waals surface area (Å²) < 4.78 is 11.0. The van der Waals surface area contributed by atoms with Gasteiger partial charge in [0.15, 0.2) is 11.5 Å². The summed E-state index contributed by atoms with van der Waals surface area (Å²) in [4.78, 5) is 25.0. The maximum Gasteiger partial charge on any atom is 0.308 e. The number of carbonyl (C=O) groups is 2. The largest absolute Gasteiger partial charge is 0.493 e. The number of ether oxygens (including phenoxy) is 2. The Kier molecular flexibility index (Phi) is 6.44. The van der Waals surface area contributed by atoms with Crippen molar-refractivity contribution in [1.29, 1.82) is 0 Å². The maximum absolute atomic E-state index is 12.3. The molecule has 1 saturated heterocycles. The summed E-state index contributed by atoms with van der Waals surface area (Å²) in [7, 11) is 1.57. The van der Waals surface area contributed by atoms with E-state index in [1.807, 2.05) is 26.0 Å². The van der Waals surface area contributed by atoms with Crippen LogP contribution in [0.3, 0.4) is 0 Å². The molecule has 25 heavy (non-hydrogen) atoms. The van der Waals surface area contributed by atoms with Crippen molar-refractivity contribution >= 4 is 18.0 Å². The Bertz CT molecular complexity index is 653. The molecule has 1 heterocycles. The van der Waals surface area contributed by atoms with Gasteiger partial charge in [-0.05, 0) is 50.5 Å². The molecular weight excluding hydrogens is 322 g/mol. The predicted molar refractivity (Wildman–Crippen MR) is 94.7 cm³/mol. The van der Waals surface area contributed by atoms with Crippen LogP contribution in [0.2, 0.25) is 0 Å².